The van der Waals surface area contributed by atoms with Crippen molar-refractivity contribution in [2.24, 2.45) is 5.73 Å². The van der Waals surface area contributed by atoms with Gasteiger partial charge in [0.15, 0.2) is 15.7 Å². The summed E-state index contributed by atoms with van der Waals surface area (Å²) in [5.41, 5.74) is 6.52. The molecule has 0 unspecified atom stereocenters. The maximum absolute atomic E-state index is 14.4. The Kier molecular flexibility index (Phi) is 5.18. The maximum Gasteiger partial charge on any atom is 0.207 e. The molecule has 7 nitrogen and oxygen atoms in total. The number of aromatic nitrogens is 3. The lowest BCUT2D eigenvalue weighted by Gasteiger charge is -2.34. The molecule has 0 bridgehead atoms. The predicted molar refractivity (Wildman–Crippen MR) is 106 cm³/mol. The normalized spacial score (nSPS) is 20.1. The van der Waals surface area contributed by atoms with Crippen LogP contribution in [0.5, 0.6) is 0 Å². The lowest BCUT2D eigenvalue weighted by molar-refractivity contribution is 0.243. The van der Waals surface area contributed by atoms with E-state index in [1.807, 2.05) is 0 Å². The van der Waals surface area contributed by atoms with E-state index in [4.69, 9.17) is 5.73 Å². The molecule has 11 heteroatoms. The highest BCUT2D eigenvalue weighted by Crippen LogP contribution is 2.29. The smallest absolute Gasteiger partial charge is 0.207 e. The van der Waals surface area contributed by atoms with Crippen molar-refractivity contribution in [3.63, 3.8) is 0 Å². The molecule has 1 saturated heterocycles. The van der Waals surface area contributed by atoms with Gasteiger partial charge in [-0.3, -0.25) is 4.98 Å². The minimum absolute atomic E-state index is 0.0184. The van der Waals surface area contributed by atoms with Gasteiger partial charge in [0.05, 0.1) is 28.7 Å². The summed E-state index contributed by atoms with van der Waals surface area (Å²) in [7, 11) is -3.40. The first-order chi connectivity index (χ1) is 14.1. The second-order valence-corrected chi connectivity index (χ2v) is 9.44. The topological polar surface area (TPSA) is 94.1 Å². The highest BCUT2D eigenvalue weighted by Gasteiger charge is 2.30. The van der Waals surface area contributed by atoms with Gasteiger partial charge < -0.3 is 15.2 Å². The Morgan fingerprint density at radius 3 is 2.67 bits per heavy atom. The van der Waals surface area contributed by atoms with E-state index in [0.717, 1.165) is 12.3 Å². The fraction of sp³-hybridized carbons (Fsp3) is 0.368. The molecule has 0 radical (unpaired) electrons. The second-order valence-electron chi connectivity index (χ2n) is 7.43. The highest BCUT2D eigenvalue weighted by molar-refractivity contribution is 7.90. The zero-order valence-corrected chi connectivity index (χ0v) is 16.9. The van der Waals surface area contributed by atoms with Crippen LogP contribution in [-0.2, 0) is 16.4 Å². The molecule has 2 aromatic heterocycles. The third kappa shape index (κ3) is 3.86. The fourth-order valence-corrected chi connectivity index (χ4v) is 4.11. The fourth-order valence-electron chi connectivity index (χ4n) is 3.56. The molecule has 3 heterocycles. The van der Waals surface area contributed by atoms with Crippen molar-refractivity contribution in [2.75, 3.05) is 24.2 Å². The SMILES string of the molecule is CS(=O)(=O)c1ccc(Cn2c(N3CC[C@@H](F)[C@H](N)C3)nc3c(F)cc(F)cc32)nc1. The number of alkyl halides is 1. The molecule has 160 valence electrons. The monoisotopic (exact) mass is 439 g/mol. The lowest BCUT2D eigenvalue weighted by Crippen LogP contribution is -2.50. The summed E-state index contributed by atoms with van der Waals surface area (Å²) in [6.45, 7) is 0.585. The van der Waals surface area contributed by atoms with Crippen LogP contribution in [-0.4, -0.2) is 54.5 Å². The van der Waals surface area contributed by atoms with E-state index in [1.165, 1.54) is 24.4 Å². The molecule has 0 amide bonds. The van der Waals surface area contributed by atoms with E-state index in [-0.39, 0.29) is 35.4 Å². The number of halogens is 3. The van der Waals surface area contributed by atoms with E-state index in [0.29, 0.717) is 18.2 Å². The van der Waals surface area contributed by atoms with Gasteiger partial charge in [-0.15, -0.1) is 0 Å². The Balaban J connectivity index is 1.78. The maximum atomic E-state index is 14.4. The van der Waals surface area contributed by atoms with E-state index < -0.39 is 33.7 Å². The average molecular weight is 439 g/mol. The van der Waals surface area contributed by atoms with E-state index in [2.05, 4.69) is 9.97 Å². The number of hydrogen-bond donors (Lipinski definition) is 1. The Hall–Kier alpha value is -2.66. The van der Waals surface area contributed by atoms with Crippen molar-refractivity contribution in [1.29, 1.82) is 0 Å². The van der Waals surface area contributed by atoms with Crippen LogP contribution in [0.3, 0.4) is 0 Å². The number of fused-ring (bicyclic) bond motifs is 1. The number of pyridine rings is 1. The van der Waals surface area contributed by atoms with Crippen LogP contribution in [0.1, 0.15) is 12.1 Å². The lowest BCUT2D eigenvalue weighted by atomic mass is 10.1. The summed E-state index contributed by atoms with van der Waals surface area (Å²) in [5, 5.41) is 0. The largest absolute Gasteiger partial charge is 0.340 e. The molecule has 1 aliphatic rings. The third-order valence-corrected chi connectivity index (χ3v) is 6.25. The summed E-state index contributed by atoms with van der Waals surface area (Å²) in [4.78, 5) is 10.3. The molecule has 0 spiro atoms. The van der Waals surface area contributed by atoms with Gasteiger partial charge in [-0.05, 0) is 18.6 Å². The van der Waals surface area contributed by atoms with Gasteiger partial charge in [0.2, 0.25) is 5.95 Å². The van der Waals surface area contributed by atoms with Crippen LogP contribution in [0.25, 0.3) is 11.0 Å². The molecule has 0 saturated carbocycles. The van der Waals surface area contributed by atoms with Crippen molar-refractivity contribution in [2.45, 2.75) is 30.1 Å². The number of sulfone groups is 1. The van der Waals surface area contributed by atoms with Crippen molar-refractivity contribution < 1.29 is 21.6 Å². The quantitative estimate of drug-likeness (QED) is 0.669. The first-order valence-electron chi connectivity index (χ1n) is 9.28. The van der Waals surface area contributed by atoms with E-state index in [1.54, 1.807) is 9.47 Å². The molecule has 4 rings (SSSR count). The Morgan fingerprint density at radius 2 is 2.03 bits per heavy atom. The number of nitrogens with two attached hydrogens (primary N) is 1. The van der Waals surface area contributed by atoms with Gasteiger partial charge in [-0.1, -0.05) is 0 Å². The molecule has 0 aliphatic carbocycles. The van der Waals surface area contributed by atoms with E-state index in [9.17, 15) is 21.6 Å². The molecular weight excluding hydrogens is 419 g/mol. The summed E-state index contributed by atoms with van der Waals surface area (Å²) in [6.07, 6.45) is 1.37. The predicted octanol–water partition coefficient (Wildman–Crippen LogP) is 2.04. The Bertz CT molecular complexity index is 1200. The van der Waals surface area contributed by atoms with Crippen LogP contribution in [0.2, 0.25) is 0 Å². The number of rotatable bonds is 4. The molecule has 30 heavy (non-hydrogen) atoms. The average Bonchev–Trinajstić information content (AvgIpc) is 3.02. The summed E-state index contributed by atoms with van der Waals surface area (Å²) >= 11 is 0. The van der Waals surface area contributed by atoms with Gasteiger partial charge in [0.1, 0.15) is 17.5 Å². The molecule has 3 aromatic rings. The molecule has 2 N–H and O–H groups in total. The standard InChI is InChI=1S/C19H20F3N5O2S/c1-30(28,29)13-3-2-12(24-8-13)9-27-17-7-11(20)6-15(22)18(17)25-19(27)26-5-4-14(21)16(23)10-26/h2-3,6-8,14,16H,4-5,9-10,23H2,1H3/t14-,16-/m1/s1. The van der Waals surface area contributed by atoms with Crippen molar-refractivity contribution in [3.8, 4) is 0 Å². The number of benzene rings is 1. The Morgan fingerprint density at radius 1 is 1.27 bits per heavy atom. The van der Waals surface area contributed by atoms with Gasteiger partial charge in [-0.2, -0.15) is 0 Å². The second kappa shape index (κ2) is 7.55. The summed E-state index contributed by atoms with van der Waals surface area (Å²) in [6, 6.07) is 4.15. The van der Waals surface area contributed by atoms with Gasteiger partial charge in [-0.25, -0.2) is 26.6 Å². The van der Waals surface area contributed by atoms with Crippen molar-refractivity contribution >= 4 is 26.8 Å². The van der Waals surface area contributed by atoms with Gasteiger partial charge >= 0.3 is 0 Å². The van der Waals surface area contributed by atoms with Crippen LogP contribution in [0.15, 0.2) is 35.4 Å². The van der Waals surface area contributed by atoms with Gasteiger partial charge in [0, 0.05) is 37.7 Å². The Labute approximate surface area is 171 Å². The number of piperidine rings is 1. The van der Waals surface area contributed by atoms with Crippen molar-refractivity contribution in [1.82, 2.24) is 14.5 Å². The molecule has 1 fully saturated rings. The zero-order valence-electron chi connectivity index (χ0n) is 16.1. The third-order valence-electron chi connectivity index (χ3n) is 5.15. The first-order valence-corrected chi connectivity index (χ1v) is 11.2. The van der Waals surface area contributed by atoms with Crippen molar-refractivity contribution in [3.05, 3.63) is 47.8 Å². The molecular formula is C19H20F3N5O2S. The van der Waals surface area contributed by atoms with Gasteiger partial charge in [0.25, 0.3) is 0 Å². The molecule has 2 atom stereocenters. The van der Waals surface area contributed by atoms with Crippen LogP contribution >= 0.6 is 0 Å². The molecule has 1 aromatic carbocycles. The highest BCUT2D eigenvalue weighted by atomic mass is 32.2. The molecule has 1 aliphatic heterocycles. The summed E-state index contributed by atoms with van der Waals surface area (Å²) in [5.74, 6) is -1.24. The number of anilines is 1. The minimum Gasteiger partial charge on any atom is -0.340 e. The van der Waals surface area contributed by atoms with E-state index >= 15 is 0 Å². The first kappa shape index (κ1) is 20.6. The van der Waals surface area contributed by atoms with Crippen LogP contribution in [0, 0.1) is 11.6 Å². The van der Waals surface area contributed by atoms with Crippen LogP contribution in [0.4, 0.5) is 19.1 Å². The number of hydrogen-bond acceptors (Lipinski definition) is 6. The zero-order chi connectivity index (χ0) is 21.6. The summed E-state index contributed by atoms with van der Waals surface area (Å²) < 4.78 is 67.0. The van der Waals surface area contributed by atoms with Crippen LogP contribution < -0.4 is 10.6 Å². The number of imidazole rings is 1. The number of nitrogens with zero attached hydrogens (tertiary/aromatic N) is 4. The minimum atomic E-state index is -3.40.